The van der Waals surface area contributed by atoms with Crippen molar-refractivity contribution in [2.24, 2.45) is 0 Å². The first-order valence-corrected chi connectivity index (χ1v) is 11.7. The summed E-state index contributed by atoms with van der Waals surface area (Å²) in [5.74, 6) is 1.10. The average Bonchev–Trinajstić information content (AvgIpc) is 3.45. The number of piperidine rings is 1. The van der Waals surface area contributed by atoms with Crippen molar-refractivity contribution in [2.75, 3.05) is 13.1 Å². The maximum Gasteiger partial charge on any atom is 0.261 e. The average molecular weight is 431 g/mol. The Kier molecular flexibility index (Phi) is 4.38. The molecule has 0 spiro atoms. The van der Waals surface area contributed by atoms with Crippen LogP contribution in [0.25, 0.3) is 21.1 Å². The van der Waals surface area contributed by atoms with Crippen molar-refractivity contribution in [3.8, 4) is 0 Å². The molecule has 1 fully saturated rings. The molecule has 0 N–H and O–H groups in total. The Hall–Kier alpha value is -3.06. The smallest absolute Gasteiger partial charge is 0.261 e. The zero-order valence-electron chi connectivity index (χ0n) is 17.1. The van der Waals surface area contributed by atoms with Gasteiger partial charge in [0.2, 0.25) is 0 Å². The number of hydrogen-bond donors (Lipinski definition) is 0. The Balaban J connectivity index is 1.29. The van der Waals surface area contributed by atoms with Crippen LogP contribution in [0.5, 0.6) is 0 Å². The first kappa shape index (κ1) is 18.7. The standard InChI is InChI=1S/C24H22N4O2S/c29-23(15-9-10-17-19(13-15)25-21-8-4-12-28(21)24(17)30)27-11-3-5-16(14-27)22-26-18-6-1-2-7-20(18)31-22/h1-2,6-7,9-10,13,16H,3-5,8,11-12,14H2/t16-/m1/s1. The predicted octanol–water partition coefficient (Wildman–Crippen LogP) is 3.97. The number of benzene rings is 2. The van der Waals surface area contributed by atoms with Crippen molar-refractivity contribution in [1.82, 2.24) is 19.4 Å². The fourth-order valence-corrected chi connectivity index (χ4v) is 5.92. The molecule has 7 heteroatoms. The summed E-state index contributed by atoms with van der Waals surface area (Å²) in [7, 11) is 0. The molecule has 0 aliphatic carbocycles. The first-order chi connectivity index (χ1) is 15.2. The van der Waals surface area contributed by atoms with Crippen LogP contribution in [-0.4, -0.2) is 38.4 Å². The number of para-hydroxylation sites is 1. The molecule has 156 valence electrons. The summed E-state index contributed by atoms with van der Waals surface area (Å²) in [4.78, 5) is 37.4. The lowest BCUT2D eigenvalue weighted by Crippen LogP contribution is -2.39. The van der Waals surface area contributed by atoms with E-state index in [9.17, 15) is 9.59 Å². The molecule has 2 aromatic carbocycles. The highest BCUT2D eigenvalue weighted by molar-refractivity contribution is 7.18. The molecule has 2 aliphatic rings. The van der Waals surface area contributed by atoms with E-state index in [4.69, 9.17) is 4.98 Å². The summed E-state index contributed by atoms with van der Waals surface area (Å²) in [5.41, 5.74) is 2.27. The SMILES string of the molecule is O=C(c1ccc2c(=O)n3c(nc2c1)CCC3)N1CCC[C@@H](c2nc3ccccc3s2)C1. The van der Waals surface area contributed by atoms with Crippen LogP contribution < -0.4 is 5.56 Å². The van der Waals surface area contributed by atoms with Crippen LogP contribution in [0.1, 0.15) is 46.4 Å². The van der Waals surface area contributed by atoms with Crippen molar-refractivity contribution >= 4 is 38.4 Å². The molecule has 6 nitrogen and oxygen atoms in total. The highest BCUT2D eigenvalue weighted by Gasteiger charge is 2.28. The van der Waals surface area contributed by atoms with Gasteiger partial charge in [-0.2, -0.15) is 0 Å². The maximum atomic E-state index is 13.3. The van der Waals surface area contributed by atoms with Crippen molar-refractivity contribution in [1.29, 1.82) is 0 Å². The van der Waals surface area contributed by atoms with Crippen LogP contribution in [0.15, 0.2) is 47.3 Å². The quantitative estimate of drug-likeness (QED) is 0.483. The van der Waals surface area contributed by atoms with Gasteiger partial charge in [0.25, 0.3) is 11.5 Å². The van der Waals surface area contributed by atoms with Gasteiger partial charge in [0, 0.05) is 37.5 Å². The van der Waals surface area contributed by atoms with Crippen molar-refractivity contribution in [3.63, 3.8) is 0 Å². The zero-order chi connectivity index (χ0) is 20.9. The topological polar surface area (TPSA) is 68.1 Å². The van der Waals surface area contributed by atoms with Crippen LogP contribution in [0, 0.1) is 0 Å². The van der Waals surface area contributed by atoms with Gasteiger partial charge >= 0.3 is 0 Å². The molecule has 2 aliphatic heterocycles. The Labute approximate surface area is 183 Å². The number of fused-ring (bicyclic) bond motifs is 3. The summed E-state index contributed by atoms with van der Waals surface area (Å²) in [6.07, 6.45) is 3.78. The number of likely N-dealkylation sites (tertiary alicyclic amines) is 1. The van der Waals surface area contributed by atoms with Crippen molar-refractivity contribution in [2.45, 2.75) is 38.1 Å². The second-order valence-corrected chi connectivity index (χ2v) is 9.49. The number of rotatable bonds is 2. The second-order valence-electron chi connectivity index (χ2n) is 8.43. The number of hydrogen-bond acceptors (Lipinski definition) is 5. The molecule has 1 amide bonds. The fraction of sp³-hybridized carbons (Fsp3) is 0.333. The lowest BCUT2D eigenvalue weighted by Gasteiger charge is -2.32. The lowest BCUT2D eigenvalue weighted by atomic mass is 9.98. The highest BCUT2D eigenvalue weighted by atomic mass is 32.1. The molecule has 0 unspecified atom stereocenters. The van der Waals surface area contributed by atoms with E-state index in [1.165, 1.54) is 4.70 Å². The number of nitrogens with zero attached hydrogens (tertiary/aromatic N) is 4. The van der Waals surface area contributed by atoms with Crippen molar-refractivity contribution in [3.05, 3.63) is 69.2 Å². The molecule has 0 radical (unpaired) electrons. The van der Waals surface area contributed by atoms with E-state index in [1.807, 2.05) is 23.1 Å². The van der Waals surface area contributed by atoms with Crippen LogP contribution in [0.3, 0.4) is 0 Å². The molecule has 4 heterocycles. The second kappa shape index (κ2) is 7.27. The normalized spacial score (nSPS) is 18.6. The van der Waals surface area contributed by atoms with Gasteiger partial charge in [-0.3, -0.25) is 14.2 Å². The molecule has 31 heavy (non-hydrogen) atoms. The lowest BCUT2D eigenvalue weighted by molar-refractivity contribution is 0.0707. The molecule has 1 saturated heterocycles. The minimum Gasteiger partial charge on any atom is -0.338 e. The molecule has 2 aromatic heterocycles. The third-order valence-corrected chi connectivity index (χ3v) is 7.63. The largest absolute Gasteiger partial charge is 0.338 e. The molecule has 0 saturated carbocycles. The van der Waals surface area contributed by atoms with Gasteiger partial charge in [0.05, 0.1) is 26.1 Å². The van der Waals surface area contributed by atoms with Gasteiger partial charge < -0.3 is 4.90 Å². The fourth-order valence-electron chi connectivity index (χ4n) is 4.83. The maximum absolute atomic E-state index is 13.3. The van der Waals surface area contributed by atoms with Crippen LogP contribution in [-0.2, 0) is 13.0 Å². The Bertz CT molecular complexity index is 1360. The number of thiazole rings is 1. The minimum absolute atomic E-state index is 0.00497. The third-order valence-electron chi connectivity index (χ3n) is 6.43. The van der Waals surface area contributed by atoms with Crippen LogP contribution in [0.2, 0.25) is 0 Å². The molecular formula is C24H22N4O2S. The van der Waals surface area contributed by atoms with Crippen LogP contribution >= 0.6 is 11.3 Å². The molecule has 1 atom stereocenters. The number of amides is 1. The number of carbonyl (C=O) groups excluding carboxylic acids is 1. The van der Waals surface area contributed by atoms with E-state index in [-0.39, 0.29) is 17.4 Å². The number of aromatic nitrogens is 3. The zero-order valence-corrected chi connectivity index (χ0v) is 17.9. The highest BCUT2D eigenvalue weighted by Crippen LogP contribution is 2.33. The molecule has 0 bridgehead atoms. The van der Waals surface area contributed by atoms with Crippen molar-refractivity contribution < 1.29 is 4.79 Å². The van der Waals surface area contributed by atoms with E-state index in [0.717, 1.165) is 55.1 Å². The van der Waals surface area contributed by atoms with Gasteiger partial charge in [-0.05, 0) is 49.6 Å². The van der Waals surface area contributed by atoms with E-state index in [1.54, 1.807) is 34.1 Å². The van der Waals surface area contributed by atoms with Gasteiger partial charge in [0.1, 0.15) is 5.82 Å². The predicted molar refractivity (Wildman–Crippen MR) is 122 cm³/mol. The van der Waals surface area contributed by atoms with E-state index < -0.39 is 0 Å². The molecule has 4 aromatic rings. The number of aryl methyl sites for hydroxylation is 1. The van der Waals surface area contributed by atoms with E-state index in [0.29, 0.717) is 23.0 Å². The monoisotopic (exact) mass is 430 g/mol. The molecular weight excluding hydrogens is 408 g/mol. The number of carbonyl (C=O) groups is 1. The van der Waals surface area contributed by atoms with Gasteiger partial charge in [-0.1, -0.05) is 12.1 Å². The Morgan fingerprint density at radius 3 is 2.84 bits per heavy atom. The van der Waals surface area contributed by atoms with Crippen LogP contribution in [0.4, 0.5) is 0 Å². The van der Waals surface area contributed by atoms with E-state index in [2.05, 4.69) is 11.1 Å². The summed E-state index contributed by atoms with van der Waals surface area (Å²) in [6, 6.07) is 13.5. The van der Waals surface area contributed by atoms with Gasteiger partial charge in [0.15, 0.2) is 0 Å². The Morgan fingerprint density at radius 1 is 1.03 bits per heavy atom. The summed E-state index contributed by atoms with van der Waals surface area (Å²) in [5, 5.41) is 1.70. The first-order valence-electron chi connectivity index (χ1n) is 10.9. The summed E-state index contributed by atoms with van der Waals surface area (Å²) in [6.45, 7) is 2.16. The summed E-state index contributed by atoms with van der Waals surface area (Å²) >= 11 is 1.73. The Morgan fingerprint density at radius 2 is 1.94 bits per heavy atom. The third kappa shape index (κ3) is 3.15. The van der Waals surface area contributed by atoms with Gasteiger partial charge in [-0.15, -0.1) is 11.3 Å². The minimum atomic E-state index is 0.00497. The van der Waals surface area contributed by atoms with Gasteiger partial charge in [-0.25, -0.2) is 9.97 Å². The summed E-state index contributed by atoms with van der Waals surface area (Å²) < 4.78 is 2.96. The molecule has 6 rings (SSSR count). The van der Waals surface area contributed by atoms with E-state index >= 15 is 0 Å².